The first kappa shape index (κ1) is 22.7. The summed E-state index contributed by atoms with van der Waals surface area (Å²) >= 11 is 0. The number of nitrogens with zero attached hydrogens (tertiary/aromatic N) is 2. The van der Waals surface area contributed by atoms with Gasteiger partial charge < -0.3 is 10.1 Å². The van der Waals surface area contributed by atoms with Crippen molar-refractivity contribution < 1.29 is 27.5 Å². The number of hydrazine groups is 1. The molecule has 33 heavy (non-hydrogen) atoms. The Kier molecular flexibility index (Phi) is 5.85. The Morgan fingerprint density at radius 2 is 1.76 bits per heavy atom. The molecular weight excluding hydrogens is 448 g/mol. The molecule has 0 spiro atoms. The van der Waals surface area contributed by atoms with Crippen molar-refractivity contribution in [3.63, 3.8) is 0 Å². The second-order valence-electron chi connectivity index (χ2n) is 7.98. The molecule has 2 fully saturated rings. The van der Waals surface area contributed by atoms with E-state index in [9.17, 15) is 22.8 Å². The maximum absolute atomic E-state index is 13.1. The van der Waals surface area contributed by atoms with Crippen LogP contribution in [0.25, 0.3) is 0 Å². The van der Waals surface area contributed by atoms with Crippen LogP contribution < -0.4 is 15.5 Å². The van der Waals surface area contributed by atoms with E-state index in [2.05, 4.69) is 10.7 Å². The SMILES string of the molecule is COc1ccc(C(=O)NN2C(=O)N[C@@](C)(c3ccccc3)C2=O)cc1S(=O)(=O)N1CCCC1. The van der Waals surface area contributed by atoms with Crippen LogP contribution in [-0.4, -0.2) is 55.8 Å². The fourth-order valence-corrected chi connectivity index (χ4v) is 5.66. The molecule has 4 amide bonds. The van der Waals surface area contributed by atoms with Crippen molar-refractivity contribution in [3.8, 4) is 5.75 Å². The molecule has 11 heteroatoms. The van der Waals surface area contributed by atoms with E-state index < -0.39 is 33.4 Å². The zero-order valence-electron chi connectivity index (χ0n) is 18.2. The van der Waals surface area contributed by atoms with Crippen LogP contribution in [0.5, 0.6) is 5.75 Å². The van der Waals surface area contributed by atoms with Gasteiger partial charge in [0.2, 0.25) is 10.0 Å². The number of imide groups is 1. The minimum absolute atomic E-state index is 0.0394. The molecule has 0 aliphatic carbocycles. The van der Waals surface area contributed by atoms with Gasteiger partial charge in [-0.05, 0) is 43.5 Å². The van der Waals surface area contributed by atoms with Gasteiger partial charge in [0.15, 0.2) is 0 Å². The molecule has 0 unspecified atom stereocenters. The van der Waals surface area contributed by atoms with E-state index >= 15 is 0 Å². The summed E-state index contributed by atoms with van der Waals surface area (Å²) in [5.41, 5.74) is 1.46. The highest BCUT2D eigenvalue weighted by Crippen LogP contribution is 2.31. The van der Waals surface area contributed by atoms with Gasteiger partial charge in [0.1, 0.15) is 16.2 Å². The summed E-state index contributed by atoms with van der Waals surface area (Å²) in [4.78, 5) is 38.3. The fourth-order valence-electron chi connectivity index (χ4n) is 3.96. The lowest BCUT2D eigenvalue weighted by molar-refractivity contribution is -0.132. The van der Waals surface area contributed by atoms with Gasteiger partial charge in [0, 0.05) is 18.7 Å². The summed E-state index contributed by atoms with van der Waals surface area (Å²) in [6, 6.07) is 11.8. The van der Waals surface area contributed by atoms with Gasteiger partial charge in [-0.25, -0.2) is 13.2 Å². The van der Waals surface area contributed by atoms with Crippen molar-refractivity contribution >= 4 is 27.9 Å². The van der Waals surface area contributed by atoms with E-state index in [1.54, 1.807) is 37.3 Å². The van der Waals surface area contributed by atoms with Gasteiger partial charge >= 0.3 is 6.03 Å². The van der Waals surface area contributed by atoms with E-state index in [4.69, 9.17) is 4.74 Å². The molecule has 2 aliphatic rings. The third-order valence-corrected chi connectivity index (χ3v) is 7.78. The van der Waals surface area contributed by atoms with Crippen molar-refractivity contribution in [2.45, 2.75) is 30.2 Å². The fraction of sp³-hybridized carbons (Fsp3) is 0.318. The van der Waals surface area contributed by atoms with E-state index in [1.165, 1.54) is 29.6 Å². The quantitative estimate of drug-likeness (QED) is 0.615. The standard InChI is InChI=1S/C22H24N4O6S/c1-22(16-8-4-3-5-9-16)20(28)26(21(29)23-22)24-19(27)15-10-11-17(32-2)18(14-15)33(30,31)25-12-6-7-13-25/h3-5,8-11,14H,6-7,12-13H2,1-2H3,(H,23,29)(H,24,27)/t22-/m0/s1. The molecule has 2 saturated heterocycles. The van der Waals surface area contributed by atoms with Crippen molar-refractivity contribution in [3.05, 3.63) is 59.7 Å². The smallest absolute Gasteiger partial charge is 0.344 e. The molecule has 2 heterocycles. The highest BCUT2D eigenvalue weighted by Gasteiger charge is 2.50. The maximum atomic E-state index is 13.1. The number of nitrogens with one attached hydrogen (secondary N) is 2. The zero-order chi connectivity index (χ0) is 23.8. The van der Waals surface area contributed by atoms with Crippen LogP contribution in [0.4, 0.5) is 4.79 Å². The summed E-state index contributed by atoms with van der Waals surface area (Å²) in [6.07, 6.45) is 1.52. The topological polar surface area (TPSA) is 125 Å². The minimum atomic E-state index is -3.87. The Hall–Kier alpha value is -3.44. The molecule has 1 atom stereocenters. The molecule has 0 radical (unpaired) electrons. The number of amides is 4. The number of methoxy groups -OCH3 is 1. The molecule has 2 N–H and O–H groups in total. The van der Waals surface area contributed by atoms with Gasteiger partial charge in [0.25, 0.3) is 11.8 Å². The number of rotatable bonds is 6. The number of hydrogen-bond acceptors (Lipinski definition) is 6. The van der Waals surface area contributed by atoms with Crippen LogP contribution in [0.2, 0.25) is 0 Å². The predicted octanol–water partition coefficient (Wildman–Crippen LogP) is 1.59. The Morgan fingerprint density at radius 3 is 2.39 bits per heavy atom. The molecule has 2 aromatic carbocycles. The number of sulfonamides is 1. The Labute approximate surface area is 191 Å². The van der Waals surface area contributed by atoms with Gasteiger partial charge in [-0.1, -0.05) is 30.3 Å². The average Bonchev–Trinajstić information content (AvgIpc) is 3.44. The second-order valence-corrected chi connectivity index (χ2v) is 9.89. The maximum Gasteiger partial charge on any atom is 0.344 e. The lowest BCUT2D eigenvalue weighted by Crippen LogP contribution is -2.48. The predicted molar refractivity (Wildman–Crippen MR) is 118 cm³/mol. The van der Waals surface area contributed by atoms with E-state index in [1.807, 2.05) is 0 Å². The van der Waals surface area contributed by atoms with Gasteiger partial charge in [0.05, 0.1) is 7.11 Å². The molecule has 10 nitrogen and oxygen atoms in total. The van der Waals surface area contributed by atoms with Crippen LogP contribution >= 0.6 is 0 Å². The van der Waals surface area contributed by atoms with Crippen LogP contribution in [-0.2, 0) is 20.4 Å². The monoisotopic (exact) mass is 472 g/mol. The summed E-state index contributed by atoms with van der Waals surface area (Å²) in [5, 5.41) is 3.20. The molecule has 2 aliphatic heterocycles. The first-order valence-electron chi connectivity index (χ1n) is 10.4. The Bertz CT molecular complexity index is 1210. The number of carbonyl (C=O) groups excluding carboxylic acids is 3. The highest BCUT2D eigenvalue weighted by atomic mass is 32.2. The van der Waals surface area contributed by atoms with E-state index in [0.717, 1.165) is 12.8 Å². The third kappa shape index (κ3) is 3.93. The van der Waals surface area contributed by atoms with E-state index in [-0.39, 0.29) is 16.2 Å². The van der Waals surface area contributed by atoms with Crippen molar-refractivity contribution in [2.75, 3.05) is 20.2 Å². The number of urea groups is 1. The van der Waals surface area contributed by atoms with Gasteiger partial charge in [-0.2, -0.15) is 9.31 Å². The molecule has 0 aromatic heterocycles. The number of carbonyl (C=O) groups is 3. The number of benzene rings is 2. The van der Waals surface area contributed by atoms with Crippen molar-refractivity contribution in [2.24, 2.45) is 0 Å². The molecule has 2 aromatic rings. The van der Waals surface area contributed by atoms with Crippen molar-refractivity contribution in [1.29, 1.82) is 0 Å². The summed E-state index contributed by atoms with van der Waals surface area (Å²) in [5.74, 6) is -1.37. The van der Waals surface area contributed by atoms with Crippen molar-refractivity contribution in [1.82, 2.24) is 20.1 Å². The first-order valence-corrected chi connectivity index (χ1v) is 11.8. The number of ether oxygens (including phenoxy) is 1. The average molecular weight is 473 g/mol. The Balaban J connectivity index is 1.60. The lowest BCUT2D eigenvalue weighted by atomic mass is 9.92. The normalized spacial score (nSPS) is 21.2. The molecule has 4 rings (SSSR count). The van der Waals surface area contributed by atoms with Crippen LogP contribution in [0.1, 0.15) is 35.7 Å². The summed E-state index contributed by atoms with van der Waals surface area (Å²) in [6.45, 7) is 2.33. The lowest BCUT2D eigenvalue weighted by Gasteiger charge is -2.22. The van der Waals surface area contributed by atoms with Crippen LogP contribution in [0, 0.1) is 0 Å². The summed E-state index contributed by atoms with van der Waals surface area (Å²) < 4.78 is 32.7. The summed E-state index contributed by atoms with van der Waals surface area (Å²) in [7, 11) is -2.53. The Morgan fingerprint density at radius 1 is 1.09 bits per heavy atom. The van der Waals surface area contributed by atoms with Gasteiger partial charge in [-0.15, -0.1) is 0 Å². The molecular formula is C22H24N4O6S. The third-order valence-electron chi connectivity index (χ3n) is 5.86. The second kappa shape index (κ2) is 8.49. The van der Waals surface area contributed by atoms with Crippen LogP contribution in [0.3, 0.4) is 0 Å². The van der Waals surface area contributed by atoms with Crippen LogP contribution in [0.15, 0.2) is 53.4 Å². The molecule has 0 bridgehead atoms. The molecule has 0 saturated carbocycles. The van der Waals surface area contributed by atoms with Gasteiger partial charge in [-0.3, -0.25) is 15.0 Å². The highest BCUT2D eigenvalue weighted by molar-refractivity contribution is 7.89. The number of hydrogen-bond donors (Lipinski definition) is 2. The largest absolute Gasteiger partial charge is 0.495 e. The first-order chi connectivity index (χ1) is 15.7. The zero-order valence-corrected chi connectivity index (χ0v) is 19.0. The minimum Gasteiger partial charge on any atom is -0.495 e. The van der Waals surface area contributed by atoms with E-state index in [0.29, 0.717) is 23.7 Å². The molecule has 174 valence electrons.